The number of thioether (sulfide) groups is 1. The fourth-order valence-electron chi connectivity index (χ4n) is 2.13. The maximum absolute atomic E-state index is 12.4. The fourth-order valence-corrected chi connectivity index (χ4v) is 3.84. The summed E-state index contributed by atoms with van der Waals surface area (Å²) in [5.74, 6) is -1.16. The Morgan fingerprint density at radius 3 is 2.52 bits per heavy atom. The third kappa shape index (κ3) is 4.68. The lowest BCUT2D eigenvalue weighted by Gasteiger charge is -2.11. The number of ether oxygens (including phenoxy) is 1. The van der Waals surface area contributed by atoms with Gasteiger partial charge in [-0.2, -0.15) is 0 Å². The summed E-state index contributed by atoms with van der Waals surface area (Å²) in [6.07, 6.45) is 1.67. The molecule has 134 valence electrons. The Hall–Kier alpha value is -1.70. The lowest BCUT2D eigenvalue weighted by molar-refractivity contribution is -0.139. The van der Waals surface area contributed by atoms with Crippen molar-refractivity contribution in [2.24, 2.45) is 4.99 Å². The summed E-state index contributed by atoms with van der Waals surface area (Å²) >= 11 is 13.5. The maximum atomic E-state index is 12.4. The summed E-state index contributed by atoms with van der Waals surface area (Å²) in [5.41, 5.74) is 0.613. The number of carbonyl (C=O) groups excluding carboxylic acids is 1. The SMILES string of the molecule is CCN=C1S/C(=C/c2cc(Cl)c(OCC(=O)O)c(Cl)c2)C(=O)N1CC. The molecule has 0 saturated carbocycles. The van der Waals surface area contributed by atoms with Crippen LogP contribution in [-0.2, 0) is 9.59 Å². The molecule has 0 unspecified atom stereocenters. The van der Waals surface area contributed by atoms with Crippen molar-refractivity contribution in [3.05, 3.63) is 32.6 Å². The molecular weight excluding hydrogens is 387 g/mol. The molecule has 1 aliphatic heterocycles. The monoisotopic (exact) mass is 402 g/mol. The number of benzene rings is 1. The predicted octanol–water partition coefficient (Wildman–Crippen LogP) is 3.77. The Morgan fingerprint density at radius 2 is 2.00 bits per heavy atom. The van der Waals surface area contributed by atoms with E-state index in [-0.39, 0.29) is 21.7 Å². The van der Waals surface area contributed by atoms with Crippen molar-refractivity contribution in [3.63, 3.8) is 0 Å². The maximum Gasteiger partial charge on any atom is 0.341 e. The second-order valence-electron chi connectivity index (χ2n) is 4.91. The molecule has 1 aromatic rings. The van der Waals surface area contributed by atoms with Crippen molar-refractivity contribution < 1.29 is 19.4 Å². The summed E-state index contributed by atoms with van der Waals surface area (Å²) in [7, 11) is 0. The molecule has 25 heavy (non-hydrogen) atoms. The average Bonchev–Trinajstić information content (AvgIpc) is 2.81. The topological polar surface area (TPSA) is 79.2 Å². The lowest BCUT2D eigenvalue weighted by Crippen LogP contribution is -2.28. The molecule has 1 saturated heterocycles. The van der Waals surface area contributed by atoms with E-state index in [1.165, 1.54) is 11.8 Å². The first kappa shape index (κ1) is 19.6. The van der Waals surface area contributed by atoms with Crippen LogP contribution in [0.25, 0.3) is 6.08 Å². The molecule has 1 aliphatic rings. The van der Waals surface area contributed by atoms with Crippen LogP contribution in [0, 0.1) is 0 Å². The third-order valence-corrected chi connectivity index (χ3v) is 4.76. The van der Waals surface area contributed by atoms with Gasteiger partial charge in [-0.1, -0.05) is 23.2 Å². The molecule has 1 heterocycles. The number of nitrogens with zero attached hydrogens (tertiary/aromatic N) is 2. The van der Waals surface area contributed by atoms with Crippen LogP contribution in [0.4, 0.5) is 0 Å². The quantitative estimate of drug-likeness (QED) is 0.732. The van der Waals surface area contributed by atoms with E-state index in [9.17, 15) is 9.59 Å². The van der Waals surface area contributed by atoms with Crippen LogP contribution in [-0.4, -0.2) is 46.7 Å². The predicted molar refractivity (Wildman–Crippen MR) is 101 cm³/mol. The van der Waals surface area contributed by atoms with Gasteiger partial charge < -0.3 is 9.84 Å². The number of amides is 1. The van der Waals surface area contributed by atoms with Crippen LogP contribution < -0.4 is 4.74 Å². The summed E-state index contributed by atoms with van der Waals surface area (Å²) in [5, 5.41) is 9.68. The van der Waals surface area contributed by atoms with Crippen LogP contribution in [0.5, 0.6) is 5.75 Å². The second kappa shape index (κ2) is 8.60. The number of halogens is 2. The van der Waals surface area contributed by atoms with Gasteiger partial charge in [0.15, 0.2) is 17.5 Å². The number of hydrogen-bond donors (Lipinski definition) is 1. The van der Waals surface area contributed by atoms with E-state index >= 15 is 0 Å². The number of aliphatic imine (C=N–C) groups is 1. The molecule has 0 aliphatic carbocycles. The van der Waals surface area contributed by atoms with Crippen molar-refractivity contribution in [1.82, 2.24) is 4.90 Å². The minimum Gasteiger partial charge on any atom is -0.479 e. The van der Waals surface area contributed by atoms with E-state index in [4.69, 9.17) is 33.0 Å². The Balaban J connectivity index is 2.31. The van der Waals surface area contributed by atoms with Gasteiger partial charge in [0.05, 0.1) is 15.0 Å². The van der Waals surface area contributed by atoms with Gasteiger partial charge in [0.1, 0.15) is 0 Å². The van der Waals surface area contributed by atoms with Crippen LogP contribution in [0.2, 0.25) is 10.0 Å². The zero-order chi connectivity index (χ0) is 18.6. The molecule has 0 atom stereocenters. The fraction of sp³-hybridized carbons (Fsp3) is 0.312. The zero-order valence-electron chi connectivity index (χ0n) is 13.6. The highest BCUT2D eigenvalue weighted by molar-refractivity contribution is 8.18. The number of aliphatic carboxylic acids is 1. The molecule has 0 radical (unpaired) electrons. The molecule has 1 N–H and O–H groups in total. The van der Waals surface area contributed by atoms with Gasteiger partial charge in [0.25, 0.3) is 5.91 Å². The largest absolute Gasteiger partial charge is 0.479 e. The number of rotatable bonds is 6. The zero-order valence-corrected chi connectivity index (χ0v) is 15.9. The Morgan fingerprint density at radius 1 is 1.36 bits per heavy atom. The second-order valence-corrected chi connectivity index (χ2v) is 6.74. The summed E-state index contributed by atoms with van der Waals surface area (Å²) in [6.45, 7) is 4.37. The third-order valence-electron chi connectivity index (χ3n) is 3.16. The van der Waals surface area contributed by atoms with E-state index in [0.717, 1.165) is 0 Å². The summed E-state index contributed by atoms with van der Waals surface area (Å²) < 4.78 is 5.07. The molecule has 2 rings (SSSR count). The van der Waals surface area contributed by atoms with Gasteiger partial charge in [0, 0.05) is 13.1 Å². The number of carbonyl (C=O) groups is 2. The Kier molecular flexibility index (Phi) is 6.75. The van der Waals surface area contributed by atoms with Crippen molar-refractivity contribution in [3.8, 4) is 5.75 Å². The normalized spacial score (nSPS) is 17.6. The smallest absolute Gasteiger partial charge is 0.341 e. The summed E-state index contributed by atoms with van der Waals surface area (Å²) in [4.78, 5) is 29.5. The lowest BCUT2D eigenvalue weighted by atomic mass is 10.2. The van der Waals surface area contributed by atoms with E-state index in [1.807, 2.05) is 13.8 Å². The number of hydrogen-bond acceptors (Lipinski definition) is 5. The summed E-state index contributed by atoms with van der Waals surface area (Å²) in [6, 6.07) is 3.13. The number of carboxylic acid groups (broad SMARTS) is 1. The van der Waals surface area contributed by atoms with E-state index in [0.29, 0.717) is 28.7 Å². The van der Waals surface area contributed by atoms with Gasteiger partial charge in [-0.05, 0) is 49.4 Å². The van der Waals surface area contributed by atoms with Gasteiger partial charge >= 0.3 is 5.97 Å². The van der Waals surface area contributed by atoms with Gasteiger partial charge in [0.2, 0.25) is 0 Å². The van der Waals surface area contributed by atoms with E-state index < -0.39 is 12.6 Å². The molecule has 0 spiro atoms. The average molecular weight is 403 g/mol. The minimum absolute atomic E-state index is 0.0988. The van der Waals surface area contributed by atoms with Crippen molar-refractivity contribution >= 4 is 58.1 Å². The molecular formula is C16H16Cl2N2O4S. The van der Waals surface area contributed by atoms with Gasteiger partial charge in [-0.15, -0.1) is 0 Å². The highest BCUT2D eigenvalue weighted by atomic mass is 35.5. The highest BCUT2D eigenvalue weighted by Gasteiger charge is 2.31. The van der Waals surface area contributed by atoms with Crippen LogP contribution >= 0.6 is 35.0 Å². The standard InChI is InChI=1S/C16H16Cl2N2O4S/c1-3-19-16-20(4-2)15(23)12(25-16)7-9-5-10(17)14(11(18)6-9)24-8-13(21)22/h5-7H,3-4,8H2,1-2H3,(H,21,22)/b12-7+,19-16?. The first-order valence-electron chi connectivity index (χ1n) is 7.46. The minimum atomic E-state index is -1.13. The van der Waals surface area contributed by atoms with Crippen molar-refractivity contribution in [2.45, 2.75) is 13.8 Å². The molecule has 0 bridgehead atoms. The van der Waals surface area contributed by atoms with Crippen LogP contribution in [0.3, 0.4) is 0 Å². The van der Waals surface area contributed by atoms with Gasteiger partial charge in [-0.25, -0.2) is 4.79 Å². The molecule has 6 nitrogen and oxygen atoms in total. The Labute approximate surface area is 159 Å². The van der Waals surface area contributed by atoms with Gasteiger partial charge in [-0.3, -0.25) is 14.7 Å². The van der Waals surface area contributed by atoms with Crippen LogP contribution in [0.1, 0.15) is 19.4 Å². The first-order valence-corrected chi connectivity index (χ1v) is 9.04. The molecule has 1 fully saturated rings. The van der Waals surface area contributed by atoms with Crippen molar-refractivity contribution in [1.29, 1.82) is 0 Å². The molecule has 9 heteroatoms. The molecule has 1 amide bonds. The van der Waals surface area contributed by atoms with Crippen molar-refractivity contribution in [2.75, 3.05) is 19.7 Å². The number of likely N-dealkylation sites (N-methyl/N-ethyl adjacent to an activating group) is 1. The molecule has 1 aromatic carbocycles. The van der Waals surface area contributed by atoms with E-state index in [1.54, 1.807) is 23.1 Å². The molecule has 0 aromatic heterocycles. The van der Waals surface area contributed by atoms with Crippen LogP contribution in [0.15, 0.2) is 22.0 Å². The highest BCUT2D eigenvalue weighted by Crippen LogP contribution is 2.37. The number of amidine groups is 1. The Bertz CT molecular complexity index is 741. The number of carboxylic acids is 1. The van der Waals surface area contributed by atoms with E-state index in [2.05, 4.69) is 4.99 Å². The first-order chi connectivity index (χ1) is 11.9.